The maximum absolute atomic E-state index is 11.5. The van der Waals surface area contributed by atoms with Crippen LogP contribution >= 0.6 is 0 Å². The average Bonchev–Trinajstić information content (AvgIpc) is 2.78. The molecular weight excluding hydrogens is 410 g/mol. The molecule has 0 aliphatic carbocycles. The van der Waals surface area contributed by atoms with Gasteiger partial charge in [0.1, 0.15) is 5.75 Å². The van der Waals surface area contributed by atoms with Crippen LogP contribution in [0.15, 0.2) is 41.6 Å². The van der Waals surface area contributed by atoms with Crippen LogP contribution in [0.4, 0.5) is 5.95 Å². The van der Waals surface area contributed by atoms with E-state index in [4.69, 9.17) is 4.74 Å². The number of anilines is 1. The van der Waals surface area contributed by atoms with Crippen molar-refractivity contribution in [2.45, 2.75) is 57.3 Å². The quantitative estimate of drug-likeness (QED) is 0.534. The van der Waals surface area contributed by atoms with Crippen molar-refractivity contribution < 1.29 is 13.2 Å². The van der Waals surface area contributed by atoms with Gasteiger partial charge in [-0.25, -0.2) is 18.4 Å². The fourth-order valence-electron chi connectivity index (χ4n) is 4.07. The first-order chi connectivity index (χ1) is 14.9. The summed E-state index contributed by atoms with van der Waals surface area (Å²) >= 11 is 0. The number of unbranched alkanes of at least 4 members (excludes halogenated alkanes) is 1. The lowest BCUT2D eigenvalue weighted by Gasteiger charge is -2.35. The number of ether oxygens (including phenoxy) is 1. The summed E-state index contributed by atoms with van der Waals surface area (Å²) in [6.07, 6.45) is 11.9. The maximum atomic E-state index is 11.5. The van der Waals surface area contributed by atoms with E-state index in [-0.39, 0.29) is 0 Å². The van der Waals surface area contributed by atoms with Crippen LogP contribution < -0.4 is 9.64 Å². The van der Waals surface area contributed by atoms with Gasteiger partial charge in [0, 0.05) is 31.7 Å². The molecule has 1 aliphatic rings. The second-order valence-electron chi connectivity index (χ2n) is 8.68. The summed E-state index contributed by atoms with van der Waals surface area (Å²) < 4.78 is 28.9. The number of aromatic nitrogens is 2. The molecule has 1 aromatic carbocycles. The average molecular weight is 446 g/mol. The molecule has 6 nitrogen and oxygen atoms in total. The van der Waals surface area contributed by atoms with Gasteiger partial charge in [-0.1, -0.05) is 20.3 Å². The van der Waals surface area contributed by atoms with Crippen LogP contribution in [0.25, 0.3) is 0 Å². The van der Waals surface area contributed by atoms with Gasteiger partial charge in [0.25, 0.3) is 0 Å². The Kier molecular flexibility index (Phi) is 8.29. The molecule has 0 radical (unpaired) electrons. The zero-order valence-electron chi connectivity index (χ0n) is 19.0. The summed E-state index contributed by atoms with van der Waals surface area (Å²) in [5, 5.41) is 0. The van der Waals surface area contributed by atoms with Crippen LogP contribution in [0.5, 0.6) is 5.75 Å². The third kappa shape index (κ3) is 6.92. The first-order valence-corrected chi connectivity index (χ1v) is 13.2. The third-order valence-corrected chi connectivity index (χ3v) is 7.36. The number of hydrogen-bond acceptors (Lipinski definition) is 6. The molecule has 0 unspecified atom stereocenters. The summed E-state index contributed by atoms with van der Waals surface area (Å²) in [5.74, 6) is 2.83. The monoisotopic (exact) mass is 445 g/mol. The first kappa shape index (κ1) is 23.5. The fraction of sp³-hybridized carbons (Fsp3) is 0.583. The summed E-state index contributed by atoms with van der Waals surface area (Å²) in [5.41, 5.74) is 1.22. The Morgan fingerprint density at radius 3 is 2.35 bits per heavy atom. The van der Waals surface area contributed by atoms with Gasteiger partial charge in [-0.2, -0.15) is 0 Å². The van der Waals surface area contributed by atoms with E-state index < -0.39 is 9.84 Å². The number of hydrogen-bond donors (Lipinski definition) is 0. The molecule has 2 heterocycles. The van der Waals surface area contributed by atoms with Crippen molar-refractivity contribution in [3.05, 3.63) is 42.2 Å². The minimum atomic E-state index is -3.17. The molecule has 31 heavy (non-hydrogen) atoms. The van der Waals surface area contributed by atoms with Crippen molar-refractivity contribution in [1.29, 1.82) is 0 Å². The van der Waals surface area contributed by atoms with Gasteiger partial charge in [-0.05, 0) is 73.8 Å². The van der Waals surface area contributed by atoms with E-state index in [1.54, 1.807) is 24.3 Å². The molecular formula is C24H35N3O3S. The molecule has 1 saturated heterocycles. The molecule has 0 bridgehead atoms. The molecule has 0 N–H and O–H groups in total. The number of rotatable bonds is 10. The number of sulfone groups is 1. The van der Waals surface area contributed by atoms with Gasteiger partial charge < -0.3 is 9.64 Å². The Bertz CT molecular complexity index is 906. The van der Waals surface area contributed by atoms with E-state index in [1.165, 1.54) is 24.7 Å². The third-order valence-electron chi connectivity index (χ3n) is 6.23. The van der Waals surface area contributed by atoms with Crippen LogP contribution in [-0.4, -0.2) is 44.3 Å². The Balaban J connectivity index is 1.40. The smallest absolute Gasteiger partial charge is 0.225 e. The fourth-order valence-corrected chi connectivity index (χ4v) is 4.70. The van der Waals surface area contributed by atoms with Crippen LogP contribution in [0.3, 0.4) is 0 Å². The van der Waals surface area contributed by atoms with Gasteiger partial charge in [0.15, 0.2) is 9.84 Å². The molecule has 0 spiro atoms. The topological polar surface area (TPSA) is 72.4 Å². The highest BCUT2D eigenvalue weighted by Gasteiger charge is 2.25. The molecule has 1 fully saturated rings. The summed E-state index contributed by atoms with van der Waals surface area (Å²) in [4.78, 5) is 11.8. The minimum Gasteiger partial charge on any atom is -0.494 e. The van der Waals surface area contributed by atoms with E-state index in [1.807, 2.05) is 12.4 Å². The van der Waals surface area contributed by atoms with Crippen molar-refractivity contribution >= 4 is 15.8 Å². The van der Waals surface area contributed by atoms with Crippen molar-refractivity contribution in [3.8, 4) is 5.75 Å². The highest BCUT2D eigenvalue weighted by atomic mass is 32.2. The maximum Gasteiger partial charge on any atom is 0.225 e. The molecule has 1 atom stereocenters. The predicted octanol–water partition coefficient (Wildman–Crippen LogP) is 4.54. The minimum absolute atomic E-state index is 0.319. The Labute approximate surface area is 187 Å². The SMILES string of the molecule is CCCCc1cnc(N2CCC([C@H](C)CCOc3ccc(S(C)(=O)=O)cc3)CC2)nc1. The van der Waals surface area contributed by atoms with Gasteiger partial charge in [-0.15, -0.1) is 0 Å². The molecule has 0 amide bonds. The standard InChI is InChI=1S/C24H35N3O3S/c1-4-5-6-20-17-25-24(26-18-20)27-14-11-21(12-15-27)19(2)13-16-30-22-7-9-23(10-8-22)31(3,28)29/h7-10,17-19,21H,4-6,11-16H2,1-3H3/t19-/m1/s1. The molecule has 1 aliphatic heterocycles. The van der Waals surface area contributed by atoms with E-state index >= 15 is 0 Å². The molecule has 3 rings (SSSR count). The van der Waals surface area contributed by atoms with E-state index in [0.717, 1.165) is 44.7 Å². The Morgan fingerprint density at radius 1 is 1.13 bits per heavy atom. The lowest BCUT2D eigenvalue weighted by Crippen LogP contribution is -2.37. The number of piperidine rings is 1. The zero-order chi connectivity index (χ0) is 22.3. The number of aryl methyl sites for hydroxylation is 1. The van der Waals surface area contributed by atoms with E-state index in [2.05, 4.69) is 28.7 Å². The van der Waals surface area contributed by atoms with Crippen molar-refractivity contribution in [2.24, 2.45) is 11.8 Å². The zero-order valence-corrected chi connectivity index (χ0v) is 19.8. The molecule has 170 valence electrons. The van der Waals surface area contributed by atoms with E-state index in [9.17, 15) is 8.42 Å². The highest BCUT2D eigenvalue weighted by Crippen LogP contribution is 2.29. The number of benzene rings is 1. The summed E-state index contributed by atoms with van der Waals surface area (Å²) in [6, 6.07) is 6.66. The number of nitrogens with zero attached hydrogens (tertiary/aromatic N) is 3. The summed E-state index contributed by atoms with van der Waals surface area (Å²) in [7, 11) is -3.17. The van der Waals surface area contributed by atoms with E-state index in [0.29, 0.717) is 29.1 Å². The van der Waals surface area contributed by atoms with Crippen LogP contribution in [0.2, 0.25) is 0 Å². The van der Waals surface area contributed by atoms with Crippen LogP contribution in [-0.2, 0) is 16.3 Å². The van der Waals surface area contributed by atoms with Crippen molar-refractivity contribution in [3.63, 3.8) is 0 Å². The Morgan fingerprint density at radius 2 is 1.77 bits per heavy atom. The molecule has 2 aromatic rings. The van der Waals surface area contributed by atoms with Crippen LogP contribution in [0, 0.1) is 11.8 Å². The van der Waals surface area contributed by atoms with Gasteiger partial charge in [0.2, 0.25) is 5.95 Å². The highest BCUT2D eigenvalue weighted by molar-refractivity contribution is 7.90. The lowest BCUT2D eigenvalue weighted by atomic mass is 9.84. The van der Waals surface area contributed by atoms with Crippen LogP contribution in [0.1, 0.15) is 51.5 Å². The molecule has 7 heteroatoms. The second kappa shape index (κ2) is 10.9. The predicted molar refractivity (Wildman–Crippen MR) is 124 cm³/mol. The van der Waals surface area contributed by atoms with Gasteiger partial charge in [0.05, 0.1) is 11.5 Å². The Hall–Kier alpha value is -2.15. The molecule has 1 aromatic heterocycles. The second-order valence-corrected chi connectivity index (χ2v) is 10.7. The van der Waals surface area contributed by atoms with Gasteiger partial charge >= 0.3 is 0 Å². The first-order valence-electron chi connectivity index (χ1n) is 11.4. The lowest BCUT2D eigenvalue weighted by molar-refractivity contribution is 0.222. The van der Waals surface area contributed by atoms with Crippen molar-refractivity contribution in [1.82, 2.24) is 9.97 Å². The molecule has 0 saturated carbocycles. The van der Waals surface area contributed by atoms with Crippen molar-refractivity contribution in [2.75, 3.05) is 30.9 Å². The normalized spacial score (nSPS) is 16.3. The summed E-state index contributed by atoms with van der Waals surface area (Å²) in [6.45, 7) is 7.14. The largest absolute Gasteiger partial charge is 0.494 e. The van der Waals surface area contributed by atoms with Gasteiger partial charge in [-0.3, -0.25) is 0 Å².